The highest BCUT2D eigenvalue weighted by Crippen LogP contribution is 2.35. The van der Waals surface area contributed by atoms with E-state index in [2.05, 4.69) is 13.2 Å². The lowest BCUT2D eigenvalue weighted by molar-refractivity contribution is -0.104. The van der Waals surface area contributed by atoms with Crippen LogP contribution >= 0.6 is 0 Å². The highest BCUT2D eigenvalue weighted by Gasteiger charge is 2.22. The van der Waals surface area contributed by atoms with Crippen molar-refractivity contribution >= 4 is 6.29 Å². The molecule has 1 heteroatoms. The quantitative estimate of drug-likeness (QED) is 0.339. The second-order valence-electron chi connectivity index (χ2n) is 2.88. The summed E-state index contributed by atoms with van der Waals surface area (Å²) in [5, 5.41) is 0. The second-order valence-corrected chi connectivity index (χ2v) is 2.88. The minimum Gasteiger partial charge on any atom is -0.298 e. The van der Waals surface area contributed by atoms with Gasteiger partial charge in [0.05, 0.1) is 0 Å². The van der Waals surface area contributed by atoms with Crippen LogP contribution in [0.25, 0.3) is 0 Å². The van der Waals surface area contributed by atoms with Crippen LogP contribution in [0.2, 0.25) is 0 Å². The number of carbonyl (C=O) groups is 1. The Bertz CT molecular complexity index is 219. The molecule has 0 aromatic heterocycles. The van der Waals surface area contributed by atoms with Gasteiger partial charge < -0.3 is 0 Å². The molecule has 0 N–H and O–H groups in total. The van der Waals surface area contributed by atoms with Crippen LogP contribution in [0, 0.1) is 5.92 Å². The summed E-state index contributed by atoms with van der Waals surface area (Å²) in [6.07, 6.45) is 6.84. The fraction of sp³-hybridized carbons (Fsp3) is 0.300. The molecule has 1 aliphatic rings. The summed E-state index contributed by atoms with van der Waals surface area (Å²) in [6.45, 7) is 7.41. The van der Waals surface area contributed by atoms with Gasteiger partial charge in [0.25, 0.3) is 0 Å². The monoisotopic (exact) mass is 148 g/mol. The lowest BCUT2D eigenvalue weighted by Gasteiger charge is -1.91. The number of rotatable bonds is 4. The molecule has 11 heavy (non-hydrogen) atoms. The molecule has 1 saturated carbocycles. The van der Waals surface area contributed by atoms with Gasteiger partial charge in [0.1, 0.15) is 6.29 Å². The van der Waals surface area contributed by atoms with Crippen molar-refractivity contribution in [3.63, 3.8) is 0 Å². The molecule has 0 saturated heterocycles. The molecule has 0 spiro atoms. The van der Waals surface area contributed by atoms with Gasteiger partial charge in [0, 0.05) is 5.57 Å². The van der Waals surface area contributed by atoms with Crippen molar-refractivity contribution in [1.29, 1.82) is 0 Å². The molecule has 0 bridgehead atoms. The first-order chi connectivity index (χ1) is 5.24. The molecular formula is C10H12O. The van der Waals surface area contributed by atoms with Gasteiger partial charge >= 0.3 is 0 Å². The van der Waals surface area contributed by atoms with Crippen LogP contribution in [0.3, 0.4) is 0 Å². The van der Waals surface area contributed by atoms with E-state index in [1.807, 2.05) is 6.08 Å². The lowest BCUT2D eigenvalue weighted by Crippen LogP contribution is -1.78. The molecule has 0 aromatic rings. The number of aldehydes is 1. The average molecular weight is 148 g/mol. The topological polar surface area (TPSA) is 17.1 Å². The Morgan fingerprint density at radius 3 is 2.36 bits per heavy atom. The van der Waals surface area contributed by atoms with Gasteiger partial charge in [-0.05, 0) is 18.8 Å². The minimum absolute atomic E-state index is 0.506. The summed E-state index contributed by atoms with van der Waals surface area (Å²) in [5.74, 6) is 0.672. The van der Waals surface area contributed by atoms with Gasteiger partial charge in [-0.1, -0.05) is 30.9 Å². The van der Waals surface area contributed by atoms with Crippen LogP contribution in [-0.2, 0) is 4.79 Å². The van der Waals surface area contributed by atoms with Crippen molar-refractivity contribution in [2.45, 2.75) is 12.8 Å². The van der Waals surface area contributed by atoms with E-state index in [9.17, 15) is 4.79 Å². The van der Waals surface area contributed by atoms with Crippen LogP contribution in [0.4, 0.5) is 0 Å². The molecule has 1 nitrogen and oxygen atoms in total. The molecule has 0 radical (unpaired) electrons. The van der Waals surface area contributed by atoms with Gasteiger partial charge in [0.15, 0.2) is 0 Å². The zero-order valence-electron chi connectivity index (χ0n) is 6.55. The molecule has 0 amide bonds. The number of allylic oxidation sites excluding steroid dienone is 4. The van der Waals surface area contributed by atoms with Gasteiger partial charge in [-0.3, -0.25) is 4.79 Å². The van der Waals surface area contributed by atoms with Crippen molar-refractivity contribution < 1.29 is 4.79 Å². The Hall–Kier alpha value is -1.11. The number of hydrogen-bond donors (Lipinski definition) is 0. The van der Waals surface area contributed by atoms with Crippen LogP contribution in [0.1, 0.15) is 12.8 Å². The van der Waals surface area contributed by atoms with E-state index in [-0.39, 0.29) is 0 Å². The van der Waals surface area contributed by atoms with E-state index in [0.717, 1.165) is 11.9 Å². The molecule has 0 unspecified atom stereocenters. The Balaban J connectivity index is 2.38. The van der Waals surface area contributed by atoms with Crippen molar-refractivity contribution in [3.8, 4) is 0 Å². The van der Waals surface area contributed by atoms with Gasteiger partial charge in [-0.15, -0.1) is 0 Å². The lowest BCUT2D eigenvalue weighted by atomic mass is 10.1. The predicted molar refractivity (Wildman–Crippen MR) is 46.2 cm³/mol. The summed E-state index contributed by atoms with van der Waals surface area (Å²) in [4.78, 5) is 10.1. The fourth-order valence-electron chi connectivity index (χ4n) is 0.844. The Morgan fingerprint density at radius 2 is 1.91 bits per heavy atom. The molecular weight excluding hydrogens is 136 g/mol. The van der Waals surface area contributed by atoms with Gasteiger partial charge in [-0.2, -0.15) is 0 Å². The Morgan fingerprint density at radius 1 is 1.27 bits per heavy atom. The standard InChI is InChI=1S/C10H12O/c1-8(7-11)3-4-9(2)10-5-6-10/h3-4,7,10H,1-2,5-6H2/b4-3-. The third-order valence-electron chi connectivity index (χ3n) is 1.76. The summed E-state index contributed by atoms with van der Waals surface area (Å²) in [5.41, 5.74) is 1.62. The van der Waals surface area contributed by atoms with Crippen LogP contribution < -0.4 is 0 Å². The molecule has 1 fully saturated rings. The third kappa shape index (κ3) is 2.54. The molecule has 0 aliphatic heterocycles. The van der Waals surface area contributed by atoms with Crippen LogP contribution in [0.15, 0.2) is 36.5 Å². The number of hydrogen-bond acceptors (Lipinski definition) is 1. The maximum Gasteiger partial charge on any atom is 0.149 e. The average Bonchev–Trinajstić information content (AvgIpc) is 2.81. The summed E-state index contributed by atoms with van der Waals surface area (Å²) < 4.78 is 0. The smallest absolute Gasteiger partial charge is 0.149 e. The molecule has 0 atom stereocenters. The molecule has 1 rings (SSSR count). The first kappa shape index (κ1) is 7.99. The van der Waals surface area contributed by atoms with E-state index in [1.165, 1.54) is 12.8 Å². The van der Waals surface area contributed by atoms with E-state index >= 15 is 0 Å². The third-order valence-corrected chi connectivity index (χ3v) is 1.76. The van der Waals surface area contributed by atoms with Crippen molar-refractivity contribution in [1.82, 2.24) is 0 Å². The van der Waals surface area contributed by atoms with E-state index in [0.29, 0.717) is 11.5 Å². The summed E-state index contributed by atoms with van der Waals surface area (Å²) in [7, 11) is 0. The fourth-order valence-corrected chi connectivity index (χ4v) is 0.844. The normalized spacial score (nSPS) is 16.7. The molecule has 0 heterocycles. The first-order valence-corrected chi connectivity index (χ1v) is 3.75. The molecule has 1 aliphatic carbocycles. The van der Waals surface area contributed by atoms with Crippen molar-refractivity contribution in [2.75, 3.05) is 0 Å². The zero-order valence-corrected chi connectivity index (χ0v) is 6.55. The van der Waals surface area contributed by atoms with Crippen molar-refractivity contribution in [3.05, 3.63) is 36.5 Å². The highest BCUT2D eigenvalue weighted by atomic mass is 16.1. The summed E-state index contributed by atoms with van der Waals surface area (Å²) in [6, 6.07) is 0. The maximum atomic E-state index is 10.1. The minimum atomic E-state index is 0.506. The van der Waals surface area contributed by atoms with Crippen molar-refractivity contribution in [2.24, 2.45) is 5.92 Å². The SMILES string of the molecule is C=C(C=O)/C=C\C(=C)C1CC1. The second kappa shape index (κ2) is 3.33. The van der Waals surface area contributed by atoms with E-state index < -0.39 is 0 Å². The number of carbonyl (C=O) groups excluding carboxylic acids is 1. The largest absolute Gasteiger partial charge is 0.298 e. The Kier molecular flexibility index (Phi) is 2.42. The van der Waals surface area contributed by atoms with E-state index in [1.54, 1.807) is 6.08 Å². The molecule has 58 valence electrons. The summed E-state index contributed by atoms with van der Waals surface area (Å²) >= 11 is 0. The first-order valence-electron chi connectivity index (χ1n) is 3.75. The van der Waals surface area contributed by atoms with Gasteiger partial charge in [0.2, 0.25) is 0 Å². The predicted octanol–water partition coefficient (Wildman–Crippen LogP) is 2.26. The Labute approximate surface area is 67.1 Å². The van der Waals surface area contributed by atoms with E-state index in [4.69, 9.17) is 0 Å². The van der Waals surface area contributed by atoms with Crippen LogP contribution in [0.5, 0.6) is 0 Å². The zero-order chi connectivity index (χ0) is 8.27. The highest BCUT2D eigenvalue weighted by molar-refractivity contribution is 5.76. The molecule has 0 aromatic carbocycles. The van der Waals surface area contributed by atoms with Crippen LogP contribution in [-0.4, -0.2) is 6.29 Å². The maximum absolute atomic E-state index is 10.1. The van der Waals surface area contributed by atoms with Gasteiger partial charge in [-0.25, -0.2) is 0 Å².